The summed E-state index contributed by atoms with van der Waals surface area (Å²) < 4.78 is 32.2. The van der Waals surface area contributed by atoms with Crippen molar-refractivity contribution < 1.29 is 28.5 Å². The normalized spacial score (nSPS) is 38.8. The topological polar surface area (TPSA) is 60.3 Å². The van der Waals surface area contributed by atoms with Gasteiger partial charge in [0.1, 0.15) is 18.3 Å². The number of hydrogen-bond acceptors (Lipinski definition) is 8. The molecule has 140 valence electrons. The lowest BCUT2D eigenvalue weighted by Crippen LogP contribution is -2.40. The van der Waals surface area contributed by atoms with E-state index in [0.717, 1.165) is 5.69 Å². The van der Waals surface area contributed by atoms with Crippen LogP contribution in [0.25, 0.3) is 0 Å². The molecule has 0 N–H and O–H groups in total. The van der Waals surface area contributed by atoms with Gasteiger partial charge < -0.3 is 28.5 Å². The standard InChI is InChI=1S/C16H23NO6S2/c1-8-7-25-14(24)17(8)23-13-12-11(21-16(4,5)22-12)10(19-13)9-6-18-15(2,3)20-9/h7,9-13H,6H2,1-5H3/t9-,10-,11+,12+,13+/m1/s1. The van der Waals surface area contributed by atoms with Crippen molar-refractivity contribution in [2.75, 3.05) is 6.61 Å². The molecule has 0 aromatic carbocycles. The van der Waals surface area contributed by atoms with Crippen LogP contribution in [0, 0.1) is 10.9 Å². The van der Waals surface area contributed by atoms with E-state index in [4.69, 9.17) is 40.7 Å². The van der Waals surface area contributed by atoms with Crippen LogP contribution in [0.1, 0.15) is 33.4 Å². The van der Waals surface area contributed by atoms with E-state index in [1.54, 1.807) is 4.73 Å². The second kappa shape index (κ2) is 5.98. The maximum absolute atomic E-state index is 6.14. The first-order valence-corrected chi connectivity index (χ1v) is 9.61. The highest BCUT2D eigenvalue weighted by Crippen LogP contribution is 2.42. The van der Waals surface area contributed by atoms with Gasteiger partial charge in [0, 0.05) is 5.38 Å². The van der Waals surface area contributed by atoms with Crippen LogP contribution in [0.5, 0.6) is 0 Å². The van der Waals surface area contributed by atoms with E-state index in [1.165, 1.54) is 11.3 Å². The van der Waals surface area contributed by atoms with Crippen LogP contribution in [0.3, 0.4) is 0 Å². The van der Waals surface area contributed by atoms with Gasteiger partial charge in [0.2, 0.25) is 0 Å². The molecule has 0 radical (unpaired) electrons. The minimum atomic E-state index is -0.709. The molecule has 0 aliphatic carbocycles. The molecule has 4 heterocycles. The second-order valence-electron chi connectivity index (χ2n) is 7.44. The molecule has 7 nitrogen and oxygen atoms in total. The Labute approximate surface area is 155 Å². The summed E-state index contributed by atoms with van der Waals surface area (Å²) in [5.41, 5.74) is 0.915. The molecule has 0 amide bonds. The van der Waals surface area contributed by atoms with E-state index in [0.29, 0.717) is 10.6 Å². The Morgan fingerprint density at radius 1 is 1.12 bits per heavy atom. The third-order valence-corrected chi connectivity index (χ3v) is 5.75. The molecule has 0 saturated carbocycles. The molecule has 9 heteroatoms. The zero-order valence-electron chi connectivity index (χ0n) is 14.9. The van der Waals surface area contributed by atoms with E-state index in [9.17, 15) is 0 Å². The Kier molecular flexibility index (Phi) is 4.27. The van der Waals surface area contributed by atoms with Crippen LogP contribution in [-0.2, 0) is 23.7 Å². The van der Waals surface area contributed by atoms with Crippen molar-refractivity contribution in [2.45, 2.75) is 76.9 Å². The molecule has 0 spiro atoms. The largest absolute Gasteiger partial charge is 0.377 e. The SMILES string of the molecule is Cc1csc(=S)n1O[C@@H]1O[C@H]([C@H]2COC(C)(C)O2)[C@@H]2OC(C)(C)O[C@H]12. The van der Waals surface area contributed by atoms with E-state index in [2.05, 4.69) is 0 Å². The molecular formula is C16H23NO6S2. The first-order chi connectivity index (χ1) is 11.7. The van der Waals surface area contributed by atoms with Crippen molar-refractivity contribution in [3.63, 3.8) is 0 Å². The average Bonchev–Trinajstić information content (AvgIpc) is 3.19. The number of nitrogens with zero attached hydrogens (tertiary/aromatic N) is 1. The summed E-state index contributed by atoms with van der Waals surface area (Å²) in [6.07, 6.45) is -1.88. The molecule has 0 unspecified atom stereocenters. The van der Waals surface area contributed by atoms with Gasteiger partial charge in [0.05, 0.1) is 12.3 Å². The zero-order chi connectivity index (χ0) is 18.0. The van der Waals surface area contributed by atoms with E-state index in [1.807, 2.05) is 40.0 Å². The van der Waals surface area contributed by atoms with Gasteiger partial charge in [-0.3, -0.25) is 0 Å². The van der Waals surface area contributed by atoms with Crippen LogP contribution in [0.4, 0.5) is 0 Å². The molecule has 5 atom stereocenters. The van der Waals surface area contributed by atoms with Gasteiger partial charge in [0.15, 0.2) is 21.6 Å². The summed E-state index contributed by atoms with van der Waals surface area (Å²) in [6.45, 7) is 9.92. The van der Waals surface area contributed by atoms with Crippen molar-refractivity contribution in [1.29, 1.82) is 0 Å². The number of ether oxygens (including phenoxy) is 5. The van der Waals surface area contributed by atoms with Crippen LogP contribution in [0.15, 0.2) is 5.38 Å². The fourth-order valence-electron chi connectivity index (χ4n) is 3.46. The zero-order valence-corrected chi connectivity index (χ0v) is 16.5. The maximum Gasteiger partial charge on any atom is 0.254 e. The molecule has 3 aliphatic rings. The Bertz CT molecular complexity index is 714. The van der Waals surface area contributed by atoms with Gasteiger partial charge >= 0.3 is 0 Å². The summed E-state index contributed by atoms with van der Waals surface area (Å²) in [7, 11) is 0. The van der Waals surface area contributed by atoms with Gasteiger partial charge in [-0.05, 0) is 46.8 Å². The maximum atomic E-state index is 6.14. The molecule has 3 aliphatic heterocycles. The van der Waals surface area contributed by atoms with Gasteiger partial charge in [-0.1, -0.05) is 0 Å². The van der Waals surface area contributed by atoms with Crippen LogP contribution in [-0.4, -0.2) is 53.6 Å². The van der Waals surface area contributed by atoms with Crippen molar-refractivity contribution in [1.82, 2.24) is 4.73 Å². The van der Waals surface area contributed by atoms with Gasteiger partial charge in [-0.25, -0.2) is 0 Å². The summed E-state index contributed by atoms with van der Waals surface area (Å²) >= 11 is 6.77. The third kappa shape index (κ3) is 3.27. The minimum absolute atomic E-state index is 0.245. The molecule has 3 saturated heterocycles. The summed E-state index contributed by atoms with van der Waals surface area (Å²) in [4.78, 5) is 6.03. The molecule has 0 bridgehead atoms. The number of aromatic nitrogens is 1. The quantitative estimate of drug-likeness (QED) is 0.736. The first kappa shape index (κ1) is 17.8. The highest BCUT2D eigenvalue weighted by atomic mass is 32.1. The number of rotatable bonds is 3. The lowest BCUT2D eigenvalue weighted by molar-refractivity contribution is -0.248. The van der Waals surface area contributed by atoms with Crippen LogP contribution < -0.4 is 4.84 Å². The van der Waals surface area contributed by atoms with Crippen LogP contribution >= 0.6 is 23.6 Å². The summed E-state index contributed by atoms with van der Waals surface area (Å²) in [6, 6.07) is 0. The fraction of sp³-hybridized carbons (Fsp3) is 0.812. The smallest absolute Gasteiger partial charge is 0.254 e. The predicted molar refractivity (Wildman–Crippen MR) is 91.9 cm³/mol. The number of hydrogen-bond donors (Lipinski definition) is 0. The van der Waals surface area contributed by atoms with E-state index >= 15 is 0 Å². The average molecular weight is 389 g/mol. The van der Waals surface area contributed by atoms with Crippen molar-refractivity contribution >= 4 is 23.6 Å². The molecule has 1 aromatic heterocycles. The molecule has 4 rings (SSSR count). The van der Waals surface area contributed by atoms with Crippen LogP contribution in [0.2, 0.25) is 0 Å². The highest BCUT2D eigenvalue weighted by molar-refractivity contribution is 7.73. The monoisotopic (exact) mass is 389 g/mol. The summed E-state index contributed by atoms with van der Waals surface area (Å²) in [5.74, 6) is -1.34. The molecule has 1 aromatic rings. The van der Waals surface area contributed by atoms with Gasteiger partial charge in [-0.15, -0.1) is 11.3 Å². The number of thiazole rings is 1. The summed E-state index contributed by atoms with van der Waals surface area (Å²) in [5, 5.41) is 1.94. The second-order valence-corrected chi connectivity index (χ2v) is 8.95. The van der Waals surface area contributed by atoms with E-state index < -0.39 is 17.9 Å². The minimum Gasteiger partial charge on any atom is -0.377 e. The molecular weight excluding hydrogens is 366 g/mol. The Balaban J connectivity index is 1.58. The van der Waals surface area contributed by atoms with E-state index in [-0.39, 0.29) is 24.4 Å². The lowest BCUT2D eigenvalue weighted by Gasteiger charge is -2.27. The third-order valence-electron chi connectivity index (χ3n) is 4.47. The van der Waals surface area contributed by atoms with Crippen molar-refractivity contribution in [3.8, 4) is 0 Å². The Morgan fingerprint density at radius 3 is 2.44 bits per heavy atom. The number of aryl methyl sites for hydroxylation is 1. The van der Waals surface area contributed by atoms with Gasteiger partial charge in [0.25, 0.3) is 6.29 Å². The fourth-order valence-corrected chi connectivity index (χ4v) is 4.44. The Morgan fingerprint density at radius 2 is 1.84 bits per heavy atom. The Hall–Kier alpha value is -0.550. The van der Waals surface area contributed by atoms with Gasteiger partial charge in [-0.2, -0.15) is 4.73 Å². The predicted octanol–water partition coefficient (Wildman–Crippen LogP) is 2.41. The highest BCUT2D eigenvalue weighted by Gasteiger charge is 2.60. The number of fused-ring (bicyclic) bond motifs is 1. The van der Waals surface area contributed by atoms with Crippen molar-refractivity contribution in [3.05, 3.63) is 15.0 Å². The molecule has 25 heavy (non-hydrogen) atoms. The molecule has 3 fully saturated rings. The first-order valence-electron chi connectivity index (χ1n) is 8.32. The lowest BCUT2D eigenvalue weighted by atomic mass is 10.1. The van der Waals surface area contributed by atoms with Crippen molar-refractivity contribution in [2.24, 2.45) is 0 Å².